The molecule has 1 amide bonds. The predicted molar refractivity (Wildman–Crippen MR) is 109 cm³/mol. The van der Waals surface area contributed by atoms with E-state index in [0.717, 1.165) is 38.1 Å². The first-order valence-corrected chi connectivity index (χ1v) is 11.2. The maximum Gasteiger partial charge on any atom is 0.242 e. The largest absolute Gasteiger partial charge is 0.341 e. The summed E-state index contributed by atoms with van der Waals surface area (Å²) in [4.78, 5) is 14.8. The standard InChI is InChI=1S/C22H23FN2O3S/c1-16-5-4-12-24(13-16)22(26)15-25-14-21(19-6-2-3-7-20(19)25)29(27,28)18-10-8-17(23)9-11-18/h2-3,6-11,14,16H,4-5,12-13,15H2,1H3. The zero-order valence-corrected chi connectivity index (χ0v) is 17.0. The number of likely N-dealkylation sites (tertiary alicyclic amines) is 1. The summed E-state index contributed by atoms with van der Waals surface area (Å²) in [5.74, 6) is -0.0284. The molecular formula is C22H23FN2O3S. The average Bonchev–Trinajstić information content (AvgIpc) is 3.08. The van der Waals surface area contributed by atoms with Gasteiger partial charge in [-0.25, -0.2) is 12.8 Å². The highest BCUT2D eigenvalue weighted by Crippen LogP contribution is 2.30. The molecule has 5 nitrogen and oxygen atoms in total. The van der Waals surface area contributed by atoms with Gasteiger partial charge in [-0.05, 0) is 49.1 Å². The highest BCUT2D eigenvalue weighted by molar-refractivity contribution is 7.91. The number of carbonyl (C=O) groups is 1. The first kappa shape index (κ1) is 19.6. The van der Waals surface area contributed by atoms with Crippen LogP contribution in [0.4, 0.5) is 4.39 Å². The normalized spacial score (nSPS) is 17.6. The van der Waals surface area contributed by atoms with E-state index in [4.69, 9.17) is 0 Å². The number of halogens is 1. The number of hydrogen-bond acceptors (Lipinski definition) is 3. The molecule has 2 aromatic carbocycles. The van der Waals surface area contributed by atoms with Crippen LogP contribution >= 0.6 is 0 Å². The molecule has 29 heavy (non-hydrogen) atoms. The Morgan fingerprint density at radius 2 is 1.86 bits per heavy atom. The van der Waals surface area contributed by atoms with Gasteiger partial charge in [0.05, 0.1) is 9.79 Å². The lowest BCUT2D eigenvalue weighted by Gasteiger charge is -2.31. The van der Waals surface area contributed by atoms with Crippen LogP contribution in [0.5, 0.6) is 0 Å². The lowest BCUT2D eigenvalue weighted by Crippen LogP contribution is -2.40. The molecule has 0 spiro atoms. The third-order valence-corrected chi connectivity index (χ3v) is 7.28. The fraction of sp³-hybridized carbons (Fsp3) is 0.318. The van der Waals surface area contributed by atoms with E-state index in [1.54, 1.807) is 16.7 Å². The number of para-hydroxylation sites is 1. The molecule has 0 N–H and O–H groups in total. The van der Waals surface area contributed by atoms with E-state index in [0.29, 0.717) is 16.8 Å². The van der Waals surface area contributed by atoms with Gasteiger partial charge in [0.1, 0.15) is 12.4 Å². The molecule has 1 aliphatic heterocycles. The molecule has 7 heteroatoms. The smallest absolute Gasteiger partial charge is 0.242 e. The Kier molecular flexibility index (Phi) is 5.17. The number of aromatic nitrogens is 1. The second-order valence-corrected chi connectivity index (χ2v) is 9.60. The van der Waals surface area contributed by atoms with Crippen molar-refractivity contribution < 1.29 is 17.6 Å². The van der Waals surface area contributed by atoms with Crippen molar-refractivity contribution in [2.24, 2.45) is 5.92 Å². The quantitative estimate of drug-likeness (QED) is 0.609. The van der Waals surface area contributed by atoms with Gasteiger partial charge in [-0.2, -0.15) is 0 Å². The van der Waals surface area contributed by atoms with Crippen LogP contribution < -0.4 is 0 Å². The summed E-state index contributed by atoms with van der Waals surface area (Å²) >= 11 is 0. The number of carbonyl (C=O) groups excluding carboxylic acids is 1. The van der Waals surface area contributed by atoms with Gasteiger partial charge in [-0.15, -0.1) is 0 Å². The second-order valence-electron chi connectivity index (χ2n) is 7.68. The number of piperidine rings is 1. The maximum absolute atomic E-state index is 13.2. The van der Waals surface area contributed by atoms with Crippen molar-refractivity contribution in [1.82, 2.24) is 9.47 Å². The lowest BCUT2D eigenvalue weighted by molar-refractivity contribution is -0.133. The Balaban J connectivity index is 1.72. The Morgan fingerprint density at radius 3 is 2.59 bits per heavy atom. The van der Waals surface area contributed by atoms with Gasteiger partial charge in [0.2, 0.25) is 15.7 Å². The third-order valence-electron chi connectivity index (χ3n) is 5.48. The van der Waals surface area contributed by atoms with Crippen LogP contribution in [0.2, 0.25) is 0 Å². The van der Waals surface area contributed by atoms with Crippen LogP contribution in [0.15, 0.2) is 64.5 Å². The van der Waals surface area contributed by atoms with E-state index < -0.39 is 15.7 Å². The Labute approximate surface area is 169 Å². The molecule has 1 unspecified atom stereocenters. The van der Waals surface area contributed by atoms with E-state index in [1.165, 1.54) is 18.3 Å². The first-order valence-electron chi connectivity index (χ1n) is 9.72. The molecular weight excluding hydrogens is 391 g/mol. The van der Waals surface area contributed by atoms with Crippen LogP contribution in [0.1, 0.15) is 19.8 Å². The van der Waals surface area contributed by atoms with Crippen molar-refractivity contribution in [3.63, 3.8) is 0 Å². The van der Waals surface area contributed by atoms with Crippen LogP contribution in [0.25, 0.3) is 10.9 Å². The number of rotatable bonds is 4. The summed E-state index contributed by atoms with van der Waals surface area (Å²) in [6.45, 7) is 3.70. The van der Waals surface area contributed by atoms with Gasteiger partial charge in [-0.1, -0.05) is 25.1 Å². The van der Waals surface area contributed by atoms with Gasteiger partial charge in [0, 0.05) is 30.2 Å². The molecule has 1 fully saturated rings. The third kappa shape index (κ3) is 3.79. The minimum absolute atomic E-state index is 0.0111. The molecule has 1 aliphatic rings. The lowest BCUT2D eigenvalue weighted by atomic mass is 10.0. The van der Waals surface area contributed by atoms with E-state index in [9.17, 15) is 17.6 Å². The summed E-state index contributed by atoms with van der Waals surface area (Å²) in [6, 6.07) is 11.9. The van der Waals surface area contributed by atoms with Gasteiger partial charge < -0.3 is 9.47 Å². The summed E-state index contributed by atoms with van der Waals surface area (Å²) < 4.78 is 41.3. The number of fused-ring (bicyclic) bond motifs is 1. The molecule has 1 atom stereocenters. The minimum Gasteiger partial charge on any atom is -0.341 e. The van der Waals surface area contributed by atoms with Gasteiger partial charge in [-0.3, -0.25) is 4.79 Å². The van der Waals surface area contributed by atoms with Crippen molar-refractivity contribution in [3.8, 4) is 0 Å². The highest BCUT2D eigenvalue weighted by Gasteiger charge is 2.26. The monoisotopic (exact) mass is 414 g/mol. The zero-order valence-electron chi connectivity index (χ0n) is 16.2. The number of nitrogens with zero attached hydrogens (tertiary/aromatic N) is 2. The van der Waals surface area contributed by atoms with E-state index in [2.05, 4.69) is 6.92 Å². The number of amides is 1. The molecule has 0 bridgehead atoms. The predicted octanol–water partition coefficient (Wildman–Crippen LogP) is 3.87. The maximum atomic E-state index is 13.2. The Hall–Kier alpha value is -2.67. The molecule has 2 heterocycles. The van der Waals surface area contributed by atoms with E-state index in [1.807, 2.05) is 17.0 Å². The number of benzene rings is 2. The molecule has 0 saturated carbocycles. The van der Waals surface area contributed by atoms with Crippen molar-refractivity contribution in [2.45, 2.75) is 36.1 Å². The van der Waals surface area contributed by atoms with Crippen LogP contribution in [-0.2, 0) is 21.2 Å². The summed E-state index contributed by atoms with van der Waals surface area (Å²) in [5, 5.41) is 0.552. The van der Waals surface area contributed by atoms with Gasteiger partial charge in [0.25, 0.3) is 0 Å². The second kappa shape index (κ2) is 7.63. The van der Waals surface area contributed by atoms with E-state index >= 15 is 0 Å². The van der Waals surface area contributed by atoms with Gasteiger partial charge >= 0.3 is 0 Å². The van der Waals surface area contributed by atoms with Crippen molar-refractivity contribution in [2.75, 3.05) is 13.1 Å². The van der Waals surface area contributed by atoms with Crippen molar-refractivity contribution >= 4 is 26.6 Å². The SMILES string of the molecule is CC1CCCN(C(=O)Cn2cc(S(=O)(=O)c3ccc(F)cc3)c3ccccc32)C1. The molecule has 3 aromatic rings. The van der Waals surface area contributed by atoms with Crippen molar-refractivity contribution in [1.29, 1.82) is 0 Å². The number of hydrogen-bond donors (Lipinski definition) is 0. The summed E-state index contributed by atoms with van der Waals surface area (Å²) in [7, 11) is -3.84. The molecule has 1 saturated heterocycles. The molecule has 0 radical (unpaired) electrons. The summed E-state index contributed by atoms with van der Waals surface area (Å²) in [6.07, 6.45) is 3.63. The zero-order chi connectivity index (χ0) is 20.6. The molecule has 0 aliphatic carbocycles. The van der Waals surface area contributed by atoms with Crippen LogP contribution in [0.3, 0.4) is 0 Å². The van der Waals surface area contributed by atoms with Crippen molar-refractivity contribution in [3.05, 3.63) is 60.5 Å². The highest BCUT2D eigenvalue weighted by atomic mass is 32.2. The molecule has 1 aromatic heterocycles. The number of sulfone groups is 1. The topological polar surface area (TPSA) is 59.4 Å². The average molecular weight is 415 g/mol. The minimum atomic E-state index is -3.84. The summed E-state index contributed by atoms with van der Waals surface area (Å²) in [5.41, 5.74) is 0.687. The fourth-order valence-corrected chi connectivity index (χ4v) is 5.44. The fourth-order valence-electron chi connectivity index (χ4n) is 3.96. The van der Waals surface area contributed by atoms with Crippen LogP contribution in [-0.4, -0.2) is 36.9 Å². The first-order chi connectivity index (χ1) is 13.9. The molecule has 4 rings (SSSR count). The molecule has 152 valence electrons. The van der Waals surface area contributed by atoms with Gasteiger partial charge in [0.15, 0.2) is 0 Å². The Morgan fingerprint density at radius 1 is 1.14 bits per heavy atom. The Bertz CT molecular complexity index is 1150. The van der Waals surface area contributed by atoms with Crippen LogP contribution in [0, 0.1) is 11.7 Å². The van der Waals surface area contributed by atoms with E-state index in [-0.39, 0.29) is 22.2 Å².